The van der Waals surface area contributed by atoms with Crippen molar-refractivity contribution in [1.82, 2.24) is 0 Å². The molecule has 3 heteroatoms. The number of hydrogen-bond acceptors (Lipinski definition) is 2. The molecule has 0 saturated carbocycles. The molecule has 0 aliphatic rings. The number of ether oxygens (including phenoxy) is 1. The number of methoxy groups -OCH3 is 1. The molecule has 0 spiro atoms. The number of benzene rings is 1. The van der Waals surface area contributed by atoms with Gasteiger partial charge in [0.2, 0.25) is 0 Å². The number of hydrogen-bond donors (Lipinski definition) is 1. The first kappa shape index (κ1) is 14.4. The fraction of sp³-hybridized carbons (Fsp3) is 0.571. The summed E-state index contributed by atoms with van der Waals surface area (Å²) in [6, 6.07) is 10.1. The van der Waals surface area contributed by atoms with Crippen LogP contribution < -0.4 is 0 Å². The average Bonchev–Trinajstić information content (AvgIpc) is 2.25. The molecule has 1 aromatic carbocycles. The molecule has 0 aliphatic heterocycles. The van der Waals surface area contributed by atoms with Gasteiger partial charge in [0.25, 0.3) is 0 Å². The highest BCUT2D eigenvalue weighted by atomic mass is 28.3. The van der Waals surface area contributed by atoms with E-state index in [9.17, 15) is 5.11 Å². The maximum Gasteiger partial charge on any atom is 0.0845 e. The van der Waals surface area contributed by atoms with Crippen LogP contribution in [0.25, 0.3) is 0 Å². The summed E-state index contributed by atoms with van der Waals surface area (Å²) in [7, 11) is 0.0851. The highest BCUT2D eigenvalue weighted by Gasteiger charge is 2.39. The molecule has 0 bridgehead atoms. The van der Waals surface area contributed by atoms with Gasteiger partial charge >= 0.3 is 0 Å². The van der Waals surface area contributed by atoms with Crippen LogP contribution in [0.1, 0.15) is 25.0 Å². The van der Waals surface area contributed by atoms with Crippen molar-refractivity contribution in [3.05, 3.63) is 35.9 Å². The molecule has 0 unspecified atom stereocenters. The minimum atomic E-state index is -1.62. The summed E-state index contributed by atoms with van der Waals surface area (Å²) in [5.74, 6) is 0. The zero-order chi connectivity index (χ0) is 13.1. The molecule has 2 atom stereocenters. The zero-order valence-electron chi connectivity index (χ0n) is 11.5. The fourth-order valence-electron chi connectivity index (χ4n) is 1.67. The van der Waals surface area contributed by atoms with E-state index in [-0.39, 0.29) is 6.10 Å². The van der Waals surface area contributed by atoms with Crippen molar-refractivity contribution < 1.29 is 9.84 Å². The van der Waals surface area contributed by atoms with Crippen molar-refractivity contribution >= 4 is 8.07 Å². The minimum Gasteiger partial charge on any atom is -0.394 e. The summed E-state index contributed by atoms with van der Waals surface area (Å²) in [4.78, 5) is 0. The lowest BCUT2D eigenvalue weighted by Gasteiger charge is -2.38. The zero-order valence-corrected chi connectivity index (χ0v) is 12.5. The van der Waals surface area contributed by atoms with Gasteiger partial charge in [-0.05, 0) is 12.5 Å². The summed E-state index contributed by atoms with van der Waals surface area (Å²) in [6.07, 6.45) is 0.626. The maximum absolute atomic E-state index is 10.6. The Bertz CT molecular complexity index is 341. The predicted octanol–water partition coefficient (Wildman–Crippen LogP) is 3.39. The van der Waals surface area contributed by atoms with Gasteiger partial charge in [0.05, 0.1) is 19.4 Å². The molecule has 0 saturated heterocycles. The van der Waals surface area contributed by atoms with Crippen molar-refractivity contribution in [2.45, 2.75) is 44.3 Å². The lowest BCUT2D eigenvalue weighted by atomic mass is 10.0. The van der Waals surface area contributed by atoms with Crippen LogP contribution in [0.2, 0.25) is 19.6 Å². The molecule has 96 valence electrons. The van der Waals surface area contributed by atoms with E-state index in [1.54, 1.807) is 7.11 Å². The van der Waals surface area contributed by atoms with E-state index in [2.05, 4.69) is 31.8 Å². The van der Waals surface area contributed by atoms with Crippen molar-refractivity contribution in [1.29, 1.82) is 0 Å². The van der Waals surface area contributed by atoms with Gasteiger partial charge in [0.1, 0.15) is 0 Å². The van der Waals surface area contributed by atoms with Gasteiger partial charge in [0, 0.05) is 13.5 Å². The van der Waals surface area contributed by atoms with Crippen LogP contribution in [0.15, 0.2) is 30.3 Å². The first-order valence-electron chi connectivity index (χ1n) is 6.08. The van der Waals surface area contributed by atoms with Gasteiger partial charge in [-0.2, -0.15) is 0 Å². The van der Waals surface area contributed by atoms with E-state index in [0.29, 0.717) is 6.42 Å². The average molecular weight is 252 g/mol. The van der Waals surface area contributed by atoms with E-state index in [0.717, 1.165) is 5.56 Å². The maximum atomic E-state index is 10.6. The van der Waals surface area contributed by atoms with Crippen LogP contribution in [0.3, 0.4) is 0 Å². The quantitative estimate of drug-likeness (QED) is 0.814. The molecule has 1 rings (SSSR count). The summed E-state index contributed by atoms with van der Waals surface area (Å²) in [5, 5.41) is 9.97. The third-order valence-corrected chi connectivity index (χ3v) is 7.09. The molecule has 0 amide bonds. The molecule has 1 aromatic rings. The van der Waals surface area contributed by atoms with Gasteiger partial charge in [0.15, 0.2) is 0 Å². The lowest BCUT2D eigenvalue weighted by Crippen LogP contribution is -2.50. The fourth-order valence-corrected chi connectivity index (χ4v) is 2.47. The standard InChI is InChI=1S/C14H24O2Si/c1-14(15,17(3,4)5)11-13(16-2)12-9-7-6-8-10-12/h6-10,13,15H,11H2,1-5H3/t13-,14+/m0/s1. The van der Waals surface area contributed by atoms with Gasteiger partial charge in [-0.25, -0.2) is 0 Å². The molecule has 0 heterocycles. The Morgan fingerprint density at radius 1 is 1.24 bits per heavy atom. The Labute approximate surface area is 106 Å². The summed E-state index contributed by atoms with van der Waals surface area (Å²) in [5.41, 5.74) is 1.13. The van der Waals surface area contributed by atoms with Crippen molar-refractivity contribution in [3.63, 3.8) is 0 Å². The number of aliphatic hydroxyl groups is 1. The van der Waals surface area contributed by atoms with E-state index < -0.39 is 13.3 Å². The first-order chi connectivity index (χ1) is 7.78. The highest BCUT2D eigenvalue weighted by molar-refractivity contribution is 6.78. The van der Waals surface area contributed by atoms with Crippen molar-refractivity contribution in [2.75, 3.05) is 7.11 Å². The topological polar surface area (TPSA) is 29.5 Å². The van der Waals surface area contributed by atoms with E-state index in [4.69, 9.17) is 4.74 Å². The first-order valence-corrected chi connectivity index (χ1v) is 9.58. The molecule has 0 aromatic heterocycles. The molecule has 17 heavy (non-hydrogen) atoms. The molecular formula is C14H24O2Si. The van der Waals surface area contributed by atoms with E-state index in [1.165, 1.54) is 0 Å². The Morgan fingerprint density at radius 3 is 2.18 bits per heavy atom. The molecule has 2 nitrogen and oxygen atoms in total. The molecular weight excluding hydrogens is 228 g/mol. The van der Waals surface area contributed by atoms with Crippen LogP contribution in [-0.4, -0.2) is 25.5 Å². The Kier molecular flexibility index (Phi) is 4.53. The SMILES string of the molecule is CO[C@@H](C[C@](C)(O)[Si](C)(C)C)c1ccccc1. The van der Waals surface area contributed by atoms with Crippen LogP contribution >= 0.6 is 0 Å². The summed E-state index contributed by atoms with van der Waals surface area (Å²) >= 11 is 0. The summed E-state index contributed by atoms with van der Waals surface area (Å²) in [6.45, 7) is 8.49. The second kappa shape index (κ2) is 5.34. The Balaban J connectivity index is 2.85. The summed E-state index contributed by atoms with van der Waals surface area (Å²) < 4.78 is 5.53. The molecule has 0 radical (unpaired) electrons. The molecule has 1 N–H and O–H groups in total. The predicted molar refractivity (Wildman–Crippen MR) is 74.8 cm³/mol. The normalized spacial score (nSPS) is 17.5. The second-order valence-corrected chi connectivity index (χ2v) is 11.4. The van der Waals surface area contributed by atoms with Crippen LogP contribution in [0.5, 0.6) is 0 Å². The smallest absolute Gasteiger partial charge is 0.0845 e. The number of rotatable bonds is 5. The monoisotopic (exact) mass is 252 g/mol. The van der Waals surface area contributed by atoms with Gasteiger partial charge in [-0.1, -0.05) is 50.0 Å². The van der Waals surface area contributed by atoms with Crippen LogP contribution in [-0.2, 0) is 4.74 Å². The van der Waals surface area contributed by atoms with Crippen LogP contribution in [0.4, 0.5) is 0 Å². The van der Waals surface area contributed by atoms with Gasteiger partial charge in [-0.3, -0.25) is 0 Å². The van der Waals surface area contributed by atoms with Crippen LogP contribution in [0, 0.1) is 0 Å². The van der Waals surface area contributed by atoms with E-state index in [1.807, 2.05) is 25.1 Å². The molecule has 0 aliphatic carbocycles. The van der Waals surface area contributed by atoms with Crippen molar-refractivity contribution in [2.24, 2.45) is 0 Å². The second-order valence-electron chi connectivity index (χ2n) is 5.86. The Morgan fingerprint density at radius 2 is 1.76 bits per heavy atom. The Hall–Kier alpha value is -0.643. The lowest BCUT2D eigenvalue weighted by molar-refractivity contribution is 0.0269. The van der Waals surface area contributed by atoms with Gasteiger partial charge in [-0.15, -0.1) is 0 Å². The third kappa shape index (κ3) is 3.66. The minimum absolute atomic E-state index is 0.0297. The van der Waals surface area contributed by atoms with Crippen molar-refractivity contribution in [3.8, 4) is 0 Å². The molecule has 0 fully saturated rings. The van der Waals surface area contributed by atoms with E-state index >= 15 is 0 Å². The largest absolute Gasteiger partial charge is 0.394 e. The third-order valence-electron chi connectivity index (χ3n) is 3.65. The highest BCUT2D eigenvalue weighted by Crippen LogP contribution is 2.32. The van der Waals surface area contributed by atoms with Gasteiger partial charge < -0.3 is 9.84 Å².